The molecule has 0 aromatic heterocycles. The molecule has 1 saturated carbocycles. The molecule has 2 amide bonds. The van der Waals surface area contributed by atoms with Crippen LogP contribution in [0.4, 0.5) is 4.79 Å². The fourth-order valence-electron chi connectivity index (χ4n) is 2.23. The van der Waals surface area contributed by atoms with Gasteiger partial charge >= 0.3 is 6.03 Å². The van der Waals surface area contributed by atoms with E-state index in [1.807, 2.05) is 24.3 Å². The standard InChI is InChI=1S/C16H24N2O3/c1-21-14-6-2-12(3-7-14)8-10-17-16(20)18-11-9-15(19)13-4-5-13/h2-3,6-7,13,15,19H,4-5,8-11H2,1H3,(H2,17,18,20)/t15-/m1/s1. The number of nitrogens with one attached hydrogen (secondary N) is 2. The van der Waals surface area contributed by atoms with E-state index in [1.54, 1.807) is 7.11 Å². The Bertz CT molecular complexity index is 443. The maximum atomic E-state index is 11.6. The van der Waals surface area contributed by atoms with Crippen molar-refractivity contribution in [2.75, 3.05) is 20.2 Å². The molecular formula is C16H24N2O3. The van der Waals surface area contributed by atoms with Crippen molar-refractivity contribution >= 4 is 6.03 Å². The quantitative estimate of drug-likeness (QED) is 0.683. The third kappa shape index (κ3) is 5.63. The highest BCUT2D eigenvalue weighted by Crippen LogP contribution is 2.33. The van der Waals surface area contributed by atoms with Crippen LogP contribution >= 0.6 is 0 Å². The molecule has 0 heterocycles. The van der Waals surface area contributed by atoms with Gasteiger partial charge in [-0.25, -0.2) is 4.79 Å². The van der Waals surface area contributed by atoms with Gasteiger partial charge in [0.15, 0.2) is 0 Å². The number of methoxy groups -OCH3 is 1. The number of carbonyl (C=O) groups is 1. The first kappa shape index (κ1) is 15.6. The average Bonchev–Trinajstić information content (AvgIpc) is 3.32. The summed E-state index contributed by atoms with van der Waals surface area (Å²) in [6, 6.07) is 7.63. The second kappa shape index (κ2) is 7.88. The molecule has 1 aliphatic rings. The van der Waals surface area contributed by atoms with Crippen LogP contribution in [0.2, 0.25) is 0 Å². The number of rotatable bonds is 8. The van der Waals surface area contributed by atoms with E-state index >= 15 is 0 Å². The normalized spacial score (nSPS) is 15.3. The smallest absolute Gasteiger partial charge is 0.314 e. The summed E-state index contributed by atoms with van der Waals surface area (Å²) in [5.41, 5.74) is 1.15. The summed E-state index contributed by atoms with van der Waals surface area (Å²) in [5, 5.41) is 15.3. The lowest BCUT2D eigenvalue weighted by molar-refractivity contribution is 0.141. The summed E-state index contributed by atoms with van der Waals surface area (Å²) < 4.78 is 5.10. The fourth-order valence-corrected chi connectivity index (χ4v) is 2.23. The minimum absolute atomic E-state index is 0.175. The molecule has 2 rings (SSSR count). The summed E-state index contributed by atoms with van der Waals surface area (Å²) in [6.07, 6.45) is 3.40. The summed E-state index contributed by atoms with van der Waals surface area (Å²) in [4.78, 5) is 11.6. The molecular weight excluding hydrogens is 268 g/mol. The number of benzene rings is 1. The summed E-state index contributed by atoms with van der Waals surface area (Å²) in [5.74, 6) is 1.30. The first-order valence-electron chi connectivity index (χ1n) is 7.51. The predicted octanol–water partition coefficient (Wildman–Crippen LogP) is 1.70. The molecule has 5 heteroatoms. The van der Waals surface area contributed by atoms with E-state index in [0.29, 0.717) is 25.4 Å². The summed E-state index contributed by atoms with van der Waals surface area (Å²) in [6.45, 7) is 1.11. The number of aliphatic hydroxyl groups excluding tert-OH is 1. The maximum Gasteiger partial charge on any atom is 0.314 e. The molecule has 1 aromatic rings. The Morgan fingerprint density at radius 1 is 1.29 bits per heavy atom. The Kier molecular flexibility index (Phi) is 5.87. The van der Waals surface area contributed by atoms with Crippen molar-refractivity contribution in [1.29, 1.82) is 0 Å². The molecule has 1 fully saturated rings. The zero-order chi connectivity index (χ0) is 15.1. The van der Waals surface area contributed by atoms with Crippen LogP contribution in [0.1, 0.15) is 24.8 Å². The molecule has 3 N–H and O–H groups in total. The van der Waals surface area contributed by atoms with Crippen molar-refractivity contribution in [2.45, 2.75) is 31.8 Å². The third-order valence-corrected chi connectivity index (χ3v) is 3.75. The minimum Gasteiger partial charge on any atom is -0.497 e. The molecule has 1 atom stereocenters. The van der Waals surface area contributed by atoms with E-state index in [9.17, 15) is 9.90 Å². The lowest BCUT2D eigenvalue weighted by atomic mass is 10.1. The van der Waals surface area contributed by atoms with Crippen molar-refractivity contribution in [3.05, 3.63) is 29.8 Å². The lowest BCUT2D eigenvalue weighted by Crippen LogP contribution is -2.38. The maximum absolute atomic E-state index is 11.6. The third-order valence-electron chi connectivity index (χ3n) is 3.75. The fraction of sp³-hybridized carbons (Fsp3) is 0.562. The number of hydrogen-bond donors (Lipinski definition) is 3. The van der Waals surface area contributed by atoms with E-state index < -0.39 is 0 Å². The molecule has 1 aromatic carbocycles. The Morgan fingerprint density at radius 2 is 1.95 bits per heavy atom. The van der Waals surface area contributed by atoms with Gasteiger partial charge in [-0.15, -0.1) is 0 Å². The summed E-state index contributed by atoms with van der Waals surface area (Å²) in [7, 11) is 1.64. The second-order valence-corrected chi connectivity index (χ2v) is 5.47. The minimum atomic E-state index is -0.260. The van der Waals surface area contributed by atoms with Gasteiger partial charge in [0, 0.05) is 13.1 Å². The van der Waals surface area contributed by atoms with E-state index in [-0.39, 0.29) is 12.1 Å². The van der Waals surface area contributed by atoms with Crippen LogP contribution in [-0.4, -0.2) is 37.4 Å². The van der Waals surface area contributed by atoms with Gasteiger partial charge in [0.05, 0.1) is 13.2 Å². The van der Waals surface area contributed by atoms with Crippen LogP contribution in [0.15, 0.2) is 24.3 Å². The first-order chi connectivity index (χ1) is 10.2. The van der Waals surface area contributed by atoms with E-state index in [4.69, 9.17) is 4.74 Å². The van der Waals surface area contributed by atoms with Gasteiger partial charge < -0.3 is 20.5 Å². The number of ether oxygens (including phenoxy) is 1. The Balaban J connectivity index is 1.55. The molecule has 0 unspecified atom stereocenters. The highest BCUT2D eigenvalue weighted by Gasteiger charge is 2.29. The van der Waals surface area contributed by atoms with Crippen molar-refractivity contribution in [1.82, 2.24) is 10.6 Å². The Morgan fingerprint density at radius 3 is 2.57 bits per heavy atom. The molecule has 0 saturated heterocycles. The van der Waals surface area contributed by atoms with Crippen LogP contribution in [0.3, 0.4) is 0 Å². The van der Waals surface area contributed by atoms with Crippen molar-refractivity contribution in [3.63, 3.8) is 0 Å². The van der Waals surface area contributed by atoms with Crippen molar-refractivity contribution in [2.24, 2.45) is 5.92 Å². The highest BCUT2D eigenvalue weighted by molar-refractivity contribution is 5.73. The lowest BCUT2D eigenvalue weighted by Gasteiger charge is -2.11. The van der Waals surface area contributed by atoms with Gasteiger partial charge in [-0.05, 0) is 49.3 Å². The van der Waals surface area contributed by atoms with Crippen LogP contribution < -0.4 is 15.4 Å². The highest BCUT2D eigenvalue weighted by atomic mass is 16.5. The van der Waals surface area contributed by atoms with Gasteiger partial charge in [-0.2, -0.15) is 0 Å². The zero-order valence-electron chi connectivity index (χ0n) is 12.5. The number of carbonyl (C=O) groups excluding carboxylic acids is 1. The molecule has 21 heavy (non-hydrogen) atoms. The van der Waals surface area contributed by atoms with E-state index in [2.05, 4.69) is 10.6 Å². The molecule has 1 aliphatic carbocycles. The number of hydrogen-bond acceptors (Lipinski definition) is 3. The van der Waals surface area contributed by atoms with Crippen LogP contribution in [-0.2, 0) is 6.42 Å². The average molecular weight is 292 g/mol. The van der Waals surface area contributed by atoms with Gasteiger partial charge in [0.2, 0.25) is 0 Å². The van der Waals surface area contributed by atoms with Crippen molar-refractivity contribution < 1.29 is 14.6 Å². The van der Waals surface area contributed by atoms with Gasteiger partial charge in [0.1, 0.15) is 5.75 Å². The second-order valence-electron chi connectivity index (χ2n) is 5.47. The topological polar surface area (TPSA) is 70.6 Å². The number of amides is 2. The molecule has 0 spiro atoms. The van der Waals surface area contributed by atoms with Crippen LogP contribution in [0.5, 0.6) is 5.75 Å². The molecule has 116 valence electrons. The van der Waals surface area contributed by atoms with Gasteiger partial charge in [0.25, 0.3) is 0 Å². The van der Waals surface area contributed by atoms with Crippen molar-refractivity contribution in [3.8, 4) is 5.75 Å². The van der Waals surface area contributed by atoms with E-state index in [0.717, 1.165) is 30.6 Å². The van der Waals surface area contributed by atoms with Gasteiger partial charge in [-0.1, -0.05) is 12.1 Å². The zero-order valence-corrected chi connectivity index (χ0v) is 12.5. The Hall–Kier alpha value is -1.75. The number of aliphatic hydroxyl groups is 1. The van der Waals surface area contributed by atoms with Crippen LogP contribution in [0, 0.1) is 5.92 Å². The number of urea groups is 1. The monoisotopic (exact) mass is 292 g/mol. The first-order valence-corrected chi connectivity index (χ1v) is 7.51. The molecule has 0 bridgehead atoms. The predicted molar refractivity (Wildman–Crippen MR) is 81.4 cm³/mol. The van der Waals surface area contributed by atoms with Crippen LogP contribution in [0.25, 0.3) is 0 Å². The summed E-state index contributed by atoms with van der Waals surface area (Å²) >= 11 is 0. The Labute approximate surface area is 125 Å². The molecule has 5 nitrogen and oxygen atoms in total. The van der Waals surface area contributed by atoms with Gasteiger partial charge in [-0.3, -0.25) is 0 Å². The van der Waals surface area contributed by atoms with E-state index in [1.165, 1.54) is 0 Å². The molecule has 0 aliphatic heterocycles. The molecule has 0 radical (unpaired) electrons. The largest absolute Gasteiger partial charge is 0.497 e. The SMILES string of the molecule is COc1ccc(CCNC(=O)NCC[C@@H](O)C2CC2)cc1.